The maximum atomic E-state index is 13.0. The second-order valence-corrected chi connectivity index (χ2v) is 7.24. The SMILES string of the molecule is Cc1ccc(C(=O)N2CCC(c3ccccc3C#N)CC2)cc1-c1nnc(N)o1. The number of benzene rings is 2. The number of likely N-dealkylation sites (tertiary alicyclic amines) is 1. The first-order chi connectivity index (χ1) is 14.1. The number of amides is 1. The predicted octanol–water partition coefficient (Wildman–Crippen LogP) is 3.52. The normalized spacial score (nSPS) is 14.6. The van der Waals surface area contributed by atoms with Crippen molar-refractivity contribution in [2.45, 2.75) is 25.7 Å². The number of aryl methyl sites for hydroxylation is 1. The number of hydrogen-bond acceptors (Lipinski definition) is 6. The van der Waals surface area contributed by atoms with Crippen LogP contribution in [0.3, 0.4) is 0 Å². The van der Waals surface area contributed by atoms with E-state index in [9.17, 15) is 10.1 Å². The molecule has 0 atom stereocenters. The minimum atomic E-state index is -0.0224. The van der Waals surface area contributed by atoms with Gasteiger partial charge in [-0.05, 0) is 55.0 Å². The number of hydrogen-bond donors (Lipinski definition) is 1. The molecule has 7 nitrogen and oxygen atoms in total. The molecule has 0 unspecified atom stereocenters. The van der Waals surface area contributed by atoms with Gasteiger partial charge in [0.25, 0.3) is 5.91 Å². The highest BCUT2D eigenvalue weighted by Crippen LogP contribution is 2.31. The van der Waals surface area contributed by atoms with E-state index in [1.807, 2.05) is 48.2 Å². The minimum absolute atomic E-state index is 0.00384. The Hall–Kier alpha value is -3.66. The van der Waals surface area contributed by atoms with E-state index < -0.39 is 0 Å². The molecule has 1 amide bonds. The molecule has 1 saturated heterocycles. The van der Waals surface area contributed by atoms with E-state index in [2.05, 4.69) is 16.3 Å². The lowest BCUT2D eigenvalue weighted by Gasteiger charge is -2.32. The summed E-state index contributed by atoms with van der Waals surface area (Å²) in [7, 11) is 0. The third-order valence-corrected chi connectivity index (χ3v) is 5.46. The number of nitrogens with two attached hydrogens (primary N) is 1. The first-order valence-electron chi connectivity index (χ1n) is 9.55. The van der Waals surface area contributed by atoms with Crippen LogP contribution in [0.2, 0.25) is 0 Å². The van der Waals surface area contributed by atoms with Crippen molar-refractivity contribution in [1.29, 1.82) is 5.26 Å². The molecular formula is C22H21N5O2. The van der Waals surface area contributed by atoms with E-state index in [-0.39, 0.29) is 11.9 Å². The van der Waals surface area contributed by atoms with Gasteiger partial charge in [-0.3, -0.25) is 4.79 Å². The van der Waals surface area contributed by atoms with E-state index in [0.717, 1.165) is 29.5 Å². The molecule has 3 aromatic rings. The number of carbonyl (C=O) groups excluding carboxylic acids is 1. The maximum Gasteiger partial charge on any atom is 0.313 e. The van der Waals surface area contributed by atoms with Crippen LogP contribution in [0.25, 0.3) is 11.5 Å². The molecule has 0 bridgehead atoms. The van der Waals surface area contributed by atoms with Gasteiger partial charge in [0, 0.05) is 24.2 Å². The highest BCUT2D eigenvalue weighted by atomic mass is 16.4. The lowest BCUT2D eigenvalue weighted by Crippen LogP contribution is -2.38. The van der Waals surface area contributed by atoms with Gasteiger partial charge in [-0.2, -0.15) is 5.26 Å². The van der Waals surface area contributed by atoms with Gasteiger partial charge in [-0.25, -0.2) is 0 Å². The minimum Gasteiger partial charge on any atom is -0.404 e. The molecule has 1 aliphatic rings. The largest absolute Gasteiger partial charge is 0.404 e. The van der Waals surface area contributed by atoms with Gasteiger partial charge in [0.15, 0.2) is 0 Å². The zero-order chi connectivity index (χ0) is 20.4. The molecule has 0 radical (unpaired) electrons. The first-order valence-corrected chi connectivity index (χ1v) is 9.55. The van der Waals surface area contributed by atoms with E-state index in [4.69, 9.17) is 10.2 Å². The molecule has 29 heavy (non-hydrogen) atoms. The van der Waals surface area contributed by atoms with Crippen molar-refractivity contribution in [3.8, 4) is 17.5 Å². The van der Waals surface area contributed by atoms with Gasteiger partial charge < -0.3 is 15.1 Å². The summed E-state index contributed by atoms with van der Waals surface area (Å²) in [6.45, 7) is 3.22. The summed E-state index contributed by atoms with van der Waals surface area (Å²) in [5.41, 5.74) is 9.54. The van der Waals surface area contributed by atoms with Crippen LogP contribution in [0.15, 0.2) is 46.9 Å². The summed E-state index contributed by atoms with van der Waals surface area (Å²) in [4.78, 5) is 14.9. The van der Waals surface area contributed by atoms with Crippen LogP contribution in [0.4, 0.5) is 6.01 Å². The molecule has 0 saturated carbocycles. The van der Waals surface area contributed by atoms with E-state index in [1.54, 1.807) is 6.07 Å². The summed E-state index contributed by atoms with van der Waals surface area (Å²) in [6, 6.07) is 15.5. The second-order valence-electron chi connectivity index (χ2n) is 7.24. The Morgan fingerprint density at radius 3 is 2.66 bits per heavy atom. The van der Waals surface area contributed by atoms with Crippen molar-refractivity contribution in [3.05, 3.63) is 64.7 Å². The van der Waals surface area contributed by atoms with Crippen LogP contribution in [-0.4, -0.2) is 34.1 Å². The van der Waals surface area contributed by atoms with Crippen molar-refractivity contribution >= 4 is 11.9 Å². The smallest absolute Gasteiger partial charge is 0.313 e. The average Bonchev–Trinajstić information content (AvgIpc) is 3.19. The summed E-state index contributed by atoms with van der Waals surface area (Å²) in [6.07, 6.45) is 1.67. The molecule has 2 aromatic carbocycles. The van der Waals surface area contributed by atoms with Crippen LogP contribution in [0, 0.1) is 18.3 Å². The standard InChI is InChI=1S/C22H21N5O2/c1-14-6-7-16(12-19(14)20-25-26-22(24)29-20)21(28)27-10-8-15(9-11-27)18-5-3-2-4-17(18)13-23/h2-7,12,15H,8-11H2,1H3,(H2,24,26). The summed E-state index contributed by atoms with van der Waals surface area (Å²) in [5.74, 6) is 0.581. The molecule has 1 aromatic heterocycles. The number of anilines is 1. The van der Waals surface area contributed by atoms with Crippen LogP contribution in [0.5, 0.6) is 0 Å². The molecule has 7 heteroatoms. The molecule has 1 aliphatic heterocycles. The van der Waals surface area contributed by atoms with Gasteiger partial charge in [-0.15, -0.1) is 5.10 Å². The van der Waals surface area contributed by atoms with Gasteiger partial charge in [0.2, 0.25) is 5.89 Å². The van der Waals surface area contributed by atoms with E-state index in [0.29, 0.717) is 36.0 Å². The van der Waals surface area contributed by atoms with Crippen molar-refractivity contribution in [1.82, 2.24) is 15.1 Å². The van der Waals surface area contributed by atoms with Crippen molar-refractivity contribution in [2.24, 2.45) is 0 Å². The van der Waals surface area contributed by atoms with Crippen molar-refractivity contribution in [2.75, 3.05) is 18.8 Å². The molecule has 2 N–H and O–H groups in total. The highest BCUT2D eigenvalue weighted by molar-refractivity contribution is 5.95. The number of nitrogens with zero attached hydrogens (tertiary/aromatic N) is 4. The number of aromatic nitrogens is 2. The van der Waals surface area contributed by atoms with Crippen LogP contribution >= 0.6 is 0 Å². The van der Waals surface area contributed by atoms with Crippen molar-refractivity contribution < 1.29 is 9.21 Å². The topological polar surface area (TPSA) is 109 Å². The Bertz CT molecular complexity index is 1090. The molecule has 4 rings (SSSR count). The quantitative estimate of drug-likeness (QED) is 0.736. The summed E-state index contributed by atoms with van der Waals surface area (Å²) in [5, 5.41) is 17.0. The molecule has 146 valence electrons. The Labute approximate surface area is 168 Å². The number of piperidine rings is 1. The van der Waals surface area contributed by atoms with Crippen LogP contribution in [0.1, 0.15) is 45.8 Å². The van der Waals surface area contributed by atoms with Gasteiger partial charge in [0.05, 0.1) is 11.6 Å². The zero-order valence-electron chi connectivity index (χ0n) is 16.1. The molecule has 0 spiro atoms. The van der Waals surface area contributed by atoms with Gasteiger partial charge in [-0.1, -0.05) is 29.4 Å². The van der Waals surface area contributed by atoms with Gasteiger partial charge in [0.1, 0.15) is 0 Å². The zero-order valence-corrected chi connectivity index (χ0v) is 16.1. The third kappa shape index (κ3) is 3.69. The molecular weight excluding hydrogens is 366 g/mol. The van der Waals surface area contributed by atoms with E-state index >= 15 is 0 Å². The monoisotopic (exact) mass is 387 g/mol. The predicted molar refractivity (Wildman–Crippen MR) is 108 cm³/mol. The number of carbonyl (C=O) groups is 1. The number of nitrogen functional groups attached to an aromatic ring is 1. The molecule has 1 fully saturated rings. The lowest BCUT2D eigenvalue weighted by molar-refractivity contribution is 0.0713. The second kappa shape index (κ2) is 7.76. The summed E-state index contributed by atoms with van der Waals surface area (Å²) >= 11 is 0. The fraction of sp³-hybridized carbons (Fsp3) is 0.273. The molecule has 2 heterocycles. The highest BCUT2D eigenvalue weighted by Gasteiger charge is 2.26. The van der Waals surface area contributed by atoms with Crippen LogP contribution < -0.4 is 5.73 Å². The van der Waals surface area contributed by atoms with E-state index in [1.165, 1.54) is 0 Å². The number of nitriles is 1. The Morgan fingerprint density at radius 1 is 1.21 bits per heavy atom. The van der Waals surface area contributed by atoms with Gasteiger partial charge >= 0.3 is 6.01 Å². The Kier molecular flexibility index (Phi) is 5.00. The average molecular weight is 387 g/mol. The fourth-order valence-electron chi connectivity index (χ4n) is 3.86. The summed E-state index contributed by atoms with van der Waals surface area (Å²) < 4.78 is 5.32. The first kappa shape index (κ1) is 18.7. The Balaban J connectivity index is 1.50. The maximum absolute atomic E-state index is 13.0. The Morgan fingerprint density at radius 2 is 1.97 bits per heavy atom. The van der Waals surface area contributed by atoms with Crippen molar-refractivity contribution in [3.63, 3.8) is 0 Å². The number of rotatable bonds is 3. The fourth-order valence-corrected chi connectivity index (χ4v) is 3.86. The molecule has 0 aliphatic carbocycles. The third-order valence-electron chi connectivity index (χ3n) is 5.46. The lowest BCUT2D eigenvalue weighted by atomic mass is 9.86. The van der Waals surface area contributed by atoms with Crippen LogP contribution in [-0.2, 0) is 0 Å².